The molecule has 0 radical (unpaired) electrons. The standard InChI is InChI=1S/C21H20FN3O2/c1-13-4-3-5-16(10-13)21-23-20(24-27-21)17-11-19(26)25(12-17)14(2)15-6-8-18(22)9-7-15/h3-10,14,17H,11-12H2,1-2H3. The van der Waals surface area contributed by atoms with Gasteiger partial charge in [0.2, 0.25) is 5.91 Å². The Labute approximate surface area is 156 Å². The Morgan fingerprint density at radius 1 is 1.22 bits per heavy atom. The molecule has 0 aliphatic carbocycles. The van der Waals surface area contributed by atoms with Crippen molar-refractivity contribution in [2.75, 3.05) is 6.54 Å². The molecular formula is C21H20FN3O2. The number of halogens is 1. The van der Waals surface area contributed by atoms with Crippen LogP contribution in [-0.2, 0) is 4.79 Å². The lowest BCUT2D eigenvalue weighted by Gasteiger charge is -2.25. The van der Waals surface area contributed by atoms with Crippen molar-refractivity contribution >= 4 is 5.91 Å². The van der Waals surface area contributed by atoms with E-state index in [1.54, 1.807) is 17.0 Å². The molecule has 5 nitrogen and oxygen atoms in total. The van der Waals surface area contributed by atoms with E-state index in [9.17, 15) is 9.18 Å². The van der Waals surface area contributed by atoms with Crippen LogP contribution in [0.1, 0.15) is 42.3 Å². The predicted octanol–water partition coefficient (Wildman–Crippen LogP) is 4.26. The first kappa shape index (κ1) is 17.4. The van der Waals surface area contributed by atoms with Crippen molar-refractivity contribution in [1.82, 2.24) is 15.0 Å². The first-order valence-electron chi connectivity index (χ1n) is 8.97. The Morgan fingerprint density at radius 3 is 2.74 bits per heavy atom. The highest BCUT2D eigenvalue weighted by atomic mass is 19.1. The van der Waals surface area contributed by atoms with Crippen LogP contribution in [-0.4, -0.2) is 27.5 Å². The van der Waals surface area contributed by atoms with Gasteiger partial charge >= 0.3 is 0 Å². The maximum atomic E-state index is 13.1. The number of rotatable bonds is 4. The van der Waals surface area contributed by atoms with E-state index in [2.05, 4.69) is 10.1 Å². The minimum absolute atomic E-state index is 0.0405. The number of hydrogen-bond donors (Lipinski definition) is 0. The van der Waals surface area contributed by atoms with Crippen LogP contribution in [0.25, 0.3) is 11.5 Å². The molecule has 1 amide bonds. The number of carbonyl (C=O) groups is 1. The molecular weight excluding hydrogens is 345 g/mol. The van der Waals surface area contributed by atoms with Gasteiger partial charge in [-0.1, -0.05) is 35.0 Å². The lowest BCUT2D eigenvalue weighted by atomic mass is 10.1. The van der Waals surface area contributed by atoms with Crippen LogP contribution in [0.5, 0.6) is 0 Å². The molecule has 2 unspecified atom stereocenters. The number of amides is 1. The van der Waals surface area contributed by atoms with Gasteiger partial charge in [0.15, 0.2) is 5.82 Å². The molecule has 0 bridgehead atoms. The lowest BCUT2D eigenvalue weighted by molar-refractivity contribution is -0.129. The molecule has 0 N–H and O–H groups in total. The predicted molar refractivity (Wildman–Crippen MR) is 98.4 cm³/mol. The Balaban J connectivity index is 1.52. The molecule has 2 aromatic carbocycles. The van der Waals surface area contributed by atoms with Crippen molar-refractivity contribution in [2.45, 2.75) is 32.2 Å². The van der Waals surface area contributed by atoms with Crippen LogP contribution >= 0.6 is 0 Å². The largest absolute Gasteiger partial charge is 0.335 e. The molecule has 6 heteroatoms. The van der Waals surface area contributed by atoms with Crippen molar-refractivity contribution in [3.63, 3.8) is 0 Å². The van der Waals surface area contributed by atoms with Crippen molar-refractivity contribution in [2.24, 2.45) is 0 Å². The van der Waals surface area contributed by atoms with Crippen LogP contribution < -0.4 is 0 Å². The van der Waals surface area contributed by atoms with Gasteiger partial charge in [-0.3, -0.25) is 4.79 Å². The molecule has 1 fully saturated rings. The molecule has 138 valence electrons. The molecule has 2 heterocycles. The van der Waals surface area contributed by atoms with Gasteiger partial charge in [-0.2, -0.15) is 4.98 Å². The minimum atomic E-state index is -0.285. The molecule has 1 saturated heterocycles. The molecule has 4 rings (SSSR count). The maximum Gasteiger partial charge on any atom is 0.257 e. The molecule has 1 aliphatic heterocycles. The van der Waals surface area contributed by atoms with E-state index < -0.39 is 0 Å². The number of aromatic nitrogens is 2. The second-order valence-corrected chi connectivity index (χ2v) is 7.00. The van der Waals surface area contributed by atoms with Crippen molar-refractivity contribution in [3.8, 4) is 11.5 Å². The van der Waals surface area contributed by atoms with E-state index in [1.807, 2.05) is 38.1 Å². The van der Waals surface area contributed by atoms with Gasteiger partial charge in [-0.05, 0) is 43.7 Å². The summed E-state index contributed by atoms with van der Waals surface area (Å²) in [5.41, 5.74) is 2.89. The van der Waals surface area contributed by atoms with Gasteiger partial charge < -0.3 is 9.42 Å². The number of benzene rings is 2. The van der Waals surface area contributed by atoms with E-state index in [0.717, 1.165) is 16.7 Å². The van der Waals surface area contributed by atoms with Gasteiger partial charge in [-0.25, -0.2) is 4.39 Å². The van der Waals surface area contributed by atoms with Crippen LogP contribution in [0, 0.1) is 12.7 Å². The second kappa shape index (κ2) is 6.95. The van der Waals surface area contributed by atoms with Gasteiger partial charge in [0.05, 0.1) is 6.04 Å². The summed E-state index contributed by atoms with van der Waals surface area (Å²) in [6, 6.07) is 14.0. The SMILES string of the molecule is Cc1cccc(-c2nc(C3CC(=O)N(C(C)c4ccc(F)cc4)C3)no2)c1. The third kappa shape index (κ3) is 3.47. The number of nitrogens with zero attached hydrogens (tertiary/aromatic N) is 3. The quantitative estimate of drug-likeness (QED) is 0.693. The van der Waals surface area contributed by atoms with Crippen LogP contribution in [0.15, 0.2) is 53.1 Å². The lowest BCUT2D eigenvalue weighted by Crippen LogP contribution is -2.28. The summed E-state index contributed by atoms with van der Waals surface area (Å²) in [6.07, 6.45) is 0.346. The summed E-state index contributed by atoms with van der Waals surface area (Å²) in [5, 5.41) is 4.10. The summed E-state index contributed by atoms with van der Waals surface area (Å²) < 4.78 is 18.6. The first-order chi connectivity index (χ1) is 13.0. The highest BCUT2D eigenvalue weighted by molar-refractivity contribution is 5.80. The molecule has 0 saturated carbocycles. The first-order valence-corrected chi connectivity index (χ1v) is 8.97. The Bertz CT molecular complexity index is 968. The zero-order chi connectivity index (χ0) is 19.0. The smallest absolute Gasteiger partial charge is 0.257 e. The highest BCUT2D eigenvalue weighted by Crippen LogP contribution is 2.33. The topological polar surface area (TPSA) is 59.2 Å². The average molecular weight is 365 g/mol. The Morgan fingerprint density at radius 2 is 2.00 bits per heavy atom. The minimum Gasteiger partial charge on any atom is -0.335 e. The van der Waals surface area contributed by atoms with Gasteiger partial charge in [0, 0.05) is 24.4 Å². The van der Waals surface area contributed by atoms with Gasteiger partial charge in [0.1, 0.15) is 5.82 Å². The Kier molecular flexibility index (Phi) is 4.48. The van der Waals surface area contributed by atoms with E-state index in [-0.39, 0.29) is 23.7 Å². The average Bonchev–Trinajstić information content (AvgIpc) is 3.29. The summed E-state index contributed by atoms with van der Waals surface area (Å²) in [4.78, 5) is 18.8. The molecule has 3 aromatic rings. The van der Waals surface area contributed by atoms with E-state index in [0.29, 0.717) is 24.7 Å². The van der Waals surface area contributed by atoms with Crippen molar-refractivity contribution in [1.29, 1.82) is 0 Å². The molecule has 1 aromatic heterocycles. The van der Waals surface area contributed by atoms with Crippen molar-refractivity contribution in [3.05, 3.63) is 71.3 Å². The molecule has 27 heavy (non-hydrogen) atoms. The van der Waals surface area contributed by atoms with Crippen molar-refractivity contribution < 1.29 is 13.7 Å². The second-order valence-electron chi connectivity index (χ2n) is 7.00. The fourth-order valence-corrected chi connectivity index (χ4v) is 3.50. The summed E-state index contributed by atoms with van der Waals surface area (Å²) in [6.45, 7) is 4.47. The molecule has 1 aliphatic rings. The monoisotopic (exact) mass is 365 g/mol. The van der Waals surface area contributed by atoms with E-state index in [4.69, 9.17) is 4.52 Å². The third-order valence-corrected chi connectivity index (χ3v) is 5.05. The van der Waals surface area contributed by atoms with Crippen LogP contribution in [0.4, 0.5) is 4.39 Å². The zero-order valence-corrected chi connectivity index (χ0v) is 15.2. The van der Waals surface area contributed by atoms with E-state index in [1.165, 1.54) is 12.1 Å². The fraction of sp³-hybridized carbons (Fsp3) is 0.286. The Hall–Kier alpha value is -3.02. The van der Waals surface area contributed by atoms with Gasteiger partial charge in [-0.15, -0.1) is 0 Å². The number of likely N-dealkylation sites (tertiary alicyclic amines) is 1. The highest BCUT2D eigenvalue weighted by Gasteiger charge is 2.36. The zero-order valence-electron chi connectivity index (χ0n) is 15.2. The third-order valence-electron chi connectivity index (χ3n) is 5.05. The molecule has 2 atom stereocenters. The maximum absolute atomic E-state index is 13.1. The summed E-state index contributed by atoms with van der Waals surface area (Å²) in [7, 11) is 0. The molecule has 0 spiro atoms. The number of aryl methyl sites for hydroxylation is 1. The van der Waals surface area contributed by atoms with E-state index >= 15 is 0 Å². The van der Waals surface area contributed by atoms with Crippen LogP contribution in [0.2, 0.25) is 0 Å². The fourth-order valence-electron chi connectivity index (χ4n) is 3.50. The van der Waals surface area contributed by atoms with Gasteiger partial charge in [0.25, 0.3) is 5.89 Å². The summed E-state index contributed by atoms with van der Waals surface area (Å²) >= 11 is 0. The summed E-state index contributed by atoms with van der Waals surface area (Å²) in [5.74, 6) is 0.660. The normalized spacial score (nSPS) is 18.1. The number of carbonyl (C=O) groups excluding carboxylic acids is 1. The number of hydrogen-bond acceptors (Lipinski definition) is 4. The van der Waals surface area contributed by atoms with Crippen LogP contribution in [0.3, 0.4) is 0 Å².